The SMILES string of the molecule is N=C(NC(=N)N1CCC(F)(F)CC1)NC1C=CC(OC(F)(F)F)=CC1. The molecule has 2 rings (SSSR count). The van der Waals surface area contributed by atoms with Gasteiger partial charge in [0.05, 0.1) is 6.04 Å². The number of halogens is 5. The van der Waals surface area contributed by atoms with Crippen LogP contribution in [-0.2, 0) is 4.74 Å². The summed E-state index contributed by atoms with van der Waals surface area (Å²) < 4.78 is 66.2. The molecule has 1 atom stereocenters. The Morgan fingerprint density at radius 2 is 1.88 bits per heavy atom. The molecule has 1 fully saturated rings. The number of nitrogens with one attached hydrogen (secondary N) is 4. The normalized spacial score (nSPS) is 22.8. The highest BCUT2D eigenvalue weighted by Gasteiger charge is 2.35. The third-order valence-corrected chi connectivity index (χ3v) is 3.68. The Kier molecular flexibility index (Phi) is 5.53. The zero-order valence-corrected chi connectivity index (χ0v) is 13.1. The zero-order chi connectivity index (χ0) is 18.7. The van der Waals surface area contributed by atoms with Gasteiger partial charge in [-0.15, -0.1) is 13.2 Å². The van der Waals surface area contributed by atoms with Gasteiger partial charge in [0, 0.05) is 25.9 Å². The van der Waals surface area contributed by atoms with Crippen molar-refractivity contribution in [2.45, 2.75) is 37.6 Å². The summed E-state index contributed by atoms with van der Waals surface area (Å²) in [6.07, 6.45) is -1.52. The van der Waals surface area contributed by atoms with Gasteiger partial charge in [0.2, 0.25) is 0 Å². The fourth-order valence-corrected chi connectivity index (χ4v) is 2.39. The highest BCUT2D eigenvalue weighted by atomic mass is 19.4. The monoisotopic (exact) mass is 367 g/mol. The molecule has 11 heteroatoms. The van der Waals surface area contributed by atoms with Crippen molar-refractivity contribution in [3.05, 3.63) is 24.0 Å². The van der Waals surface area contributed by atoms with Crippen molar-refractivity contribution in [2.75, 3.05) is 13.1 Å². The van der Waals surface area contributed by atoms with Crippen LogP contribution in [0.2, 0.25) is 0 Å². The Balaban J connectivity index is 1.74. The summed E-state index contributed by atoms with van der Waals surface area (Å²) in [4.78, 5) is 1.40. The van der Waals surface area contributed by atoms with E-state index in [1.807, 2.05) is 0 Å². The number of nitrogens with zero attached hydrogens (tertiary/aromatic N) is 1. The minimum absolute atomic E-state index is 0.0102. The van der Waals surface area contributed by atoms with Gasteiger partial charge in [0.25, 0.3) is 5.92 Å². The molecule has 0 bridgehead atoms. The minimum Gasteiger partial charge on any atom is -0.406 e. The summed E-state index contributed by atoms with van der Waals surface area (Å²) in [6.45, 7) is 0.0205. The van der Waals surface area contributed by atoms with Crippen LogP contribution in [0.5, 0.6) is 0 Å². The Morgan fingerprint density at radius 1 is 1.24 bits per heavy atom. The smallest absolute Gasteiger partial charge is 0.406 e. The highest BCUT2D eigenvalue weighted by molar-refractivity contribution is 5.95. The fourth-order valence-electron chi connectivity index (χ4n) is 2.39. The van der Waals surface area contributed by atoms with Gasteiger partial charge in [-0.2, -0.15) is 0 Å². The lowest BCUT2D eigenvalue weighted by atomic mass is 10.1. The molecule has 25 heavy (non-hydrogen) atoms. The first-order valence-electron chi connectivity index (χ1n) is 7.52. The zero-order valence-electron chi connectivity index (χ0n) is 13.1. The van der Waals surface area contributed by atoms with E-state index in [1.165, 1.54) is 17.1 Å². The number of alkyl halides is 5. The van der Waals surface area contributed by atoms with E-state index in [2.05, 4.69) is 15.4 Å². The summed E-state index contributed by atoms with van der Waals surface area (Å²) in [7, 11) is 0. The van der Waals surface area contributed by atoms with Crippen molar-refractivity contribution >= 4 is 11.9 Å². The van der Waals surface area contributed by atoms with Crippen molar-refractivity contribution < 1.29 is 26.7 Å². The van der Waals surface area contributed by atoms with Gasteiger partial charge in [0.15, 0.2) is 11.9 Å². The van der Waals surface area contributed by atoms with Gasteiger partial charge in [-0.05, 0) is 18.6 Å². The second kappa shape index (κ2) is 7.28. The molecule has 0 amide bonds. The van der Waals surface area contributed by atoms with Crippen LogP contribution in [0.1, 0.15) is 19.3 Å². The van der Waals surface area contributed by atoms with E-state index in [0.717, 1.165) is 6.08 Å². The van der Waals surface area contributed by atoms with Gasteiger partial charge in [-0.3, -0.25) is 16.1 Å². The molecule has 6 nitrogen and oxygen atoms in total. The largest absolute Gasteiger partial charge is 0.573 e. The van der Waals surface area contributed by atoms with Crippen LogP contribution in [0.25, 0.3) is 0 Å². The molecule has 0 spiro atoms. The predicted octanol–water partition coefficient (Wildman–Crippen LogP) is 2.52. The van der Waals surface area contributed by atoms with Crippen molar-refractivity contribution in [1.29, 1.82) is 10.8 Å². The van der Waals surface area contributed by atoms with Crippen LogP contribution in [-0.4, -0.2) is 48.2 Å². The van der Waals surface area contributed by atoms with E-state index in [0.29, 0.717) is 0 Å². The third kappa shape index (κ3) is 6.24. The maximum atomic E-state index is 13.1. The first-order chi connectivity index (χ1) is 11.5. The van der Waals surface area contributed by atoms with Crippen LogP contribution in [0.4, 0.5) is 22.0 Å². The summed E-state index contributed by atoms with van der Waals surface area (Å²) in [5, 5.41) is 20.7. The topological polar surface area (TPSA) is 84.2 Å². The standard InChI is InChI=1S/C14H18F5N5O/c15-13(16)5-7-24(8-6-13)12(21)23-11(20)22-9-1-3-10(4-2-9)25-14(17,18)19/h1,3-4,9H,2,5-8H2,(H4,20,21,22,23). The van der Waals surface area contributed by atoms with Crippen LogP contribution in [0.3, 0.4) is 0 Å². The summed E-state index contributed by atoms with van der Waals surface area (Å²) in [5.74, 6) is -3.47. The molecule has 2 aliphatic rings. The molecule has 0 aromatic rings. The number of hydrogen-bond donors (Lipinski definition) is 4. The highest BCUT2D eigenvalue weighted by Crippen LogP contribution is 2.27. The van der Waals surface area contributed by atoms with E-state index in [-0.39, 0.29) is 50.0 Å². The first kappa shape index (κ1) is 19.0. The lowest BCUT2D eigenvalue weighted by Crippen LogP contribution is -2.52. The summed E-state index contributed by atoms with van der Waals surface area (Å²) in [6, 6.07) is -0.445. The summed E-state index contributed by atoms with van der Waals surface area (Å²) >= 11 is 0. The number of ether oxygens (including phenoxy) is 1. The average Bonchev–Trinajstić information content (AvgIpc) is 2.47. The maximum absolute atomic E-state index is 13.1. The Labute approximate surface area is 140 Å². The van der Waals surface area contributed by atoms with Crippen molar-refractivity contribution in [1.82, 2.24) is 15.5 Å². The second-order valence-electron chi connectivity index (χ2n) is 5.69. The third-order valence-electron chi connectivity index (χ3n) is 3.68. The predicted molar refractivity (Wildman–Crippen MR) is 80.2 cm³/mol. The molecule has 0 saturated carbocycles. The van der Waals surface area contributed by atoms with E-state index >= 15 is 0 Å². The van der Waals surface area contributed by atoms with Crippen molar-refractivity contribution in [3.63, 3.8) is 0 Å². The summed E-state index contributed by atoms with van der Waals surface area (Å²) in [5.41, 5.74) is 0. The lowest BCUT2D eigenvalue weighted by Gasteiger charge is -2.33. The number of piperidine rings is 1. The molecular formula is C14H18F5N5O. The van der Waals surface area contributed by atoms with Crippen molar-refractivity contribution in [2.24, 2.45) is 0 Å². The average molecular weight is 367 g/mol. The Morgan fingerprint density at radius 3 is 2.40 bits per heavy atom. The molecule has 0 radical (unpaired) electrons. The van der Waals surface area contributed by atoms with E-state index < -0.39 is 18.3 Å². The van der Waals surface area contributed by atoms with Crippen LogP contribution >= 0.6 is 0 Å². The van der Waals surface area contributed by atoms with Gasteiger partial charge < -0.3 is 15.0 Å². The van der Waals surface area contributed by atoms with Gasteiger partial charge in [-0.1, -0.05) is 6.08 Å². The molecule has 0 aromatic heterocycles. The molecule has 1 unspecified atom stereocenters. The van der Waals surface area contributed by atoms with Crippen LogP contribution < -0.4 is 10.6 Å². The van der Waals surface area contributed by atoms with E-state index in [9.17, 15) is 22.0 Å². The molecular weight excluding hydrogens is 349 g/mol. The first-order valence-corrected chi connectivity index (χ1v) is 7.52. The number of likely N-dealkylation sites (tertiary alicyclic amines) is 1. The minimum atomic E-state index is -4.76. The van der Waals surface area contributed by atoms with Crippen molar-refractivity contribution in [3.8, 4) is 0 Å². The Hall–Kier alpha value is -2.33. The lowest BCUT2D eigenvalue weighted by molar-refractivity contribution is -0.303. The van der Waals surface area contributed by atoms with Gasteiger partial charge in [-0.25, -0.2) is 8.78 Å². The molecule has 1 saturated heterocycles. The Bertz CT molecular complexity index is 577. The van der Waals surface area contributed by atoms with Gasteiger partial charge in [0.1, 0.15) is 5.76 Å². The molecule has 0 aromatic carbocycles. The number of allylic oxidation sites excluding steroid dienone is 1. The molecule has 4 N–H and O–H groups in total. The fraction of sp³-hybridized carbons (Fsp3) is 0.571. The maximum Gasteiger partial charge on any atom is 0.573 e. The molecule has 1 heterocycles. The van der Waals surface area contributed by atoms with Crippen LogP contribution in [0, 0.1) is 10.8 Å². The van der Waals surface area contributed by atoms with Gasteiger partial charge >= 0.3 is 6.36 Å². The molecule has 1 aliphatic carbocycles. The molecule has 140 valence electrons. The quantitative estimate of drug-likeness (QED) is 0.343. The van der Waals surface area contributed by atoms with E-state index in [1.54, 1.807) is 0 Å². The second-order valence-corrected chi connectivity index (χ2v) is 5.69. The number of guanidine groups is 2. The van der Waals surface area contributed by atoms with Crippen LogP contribution in [0.15, 0.2) is 24.0 Å². The number of hydrogen-bond acceptors (Lipinski definition) is 3. The number of rotatable bonds is 2. The molecule has 1 aliphatic heterocycles. The van der Waals surface area contributed by atoms with E-state index in [4.69, 9.17) is 10.8 Å².